The highest BCUT2D eigenvalue weighted by molar-refractivity contribution is 5.74. The van der Waals surface area contributed by atoms with Gasteiger partial charge in [-0.25, -0.2) is 4.79 Å². The number of urea groups is 1. The minimum absolute atomic E-state index is 0.255. The lowest BCUT2D eigenvalue weighted by Crippen LogP contribution is -2.67. The number of amides is 2. The lowest BCUT2D eigenvalue weighted by Gasteiger charge is -2.45. The normalized spacial score (nSPS) is 21.3. The molecule has 6 N–H and O–H groups in total. The maximum absolute atomic E-state index is 13.3. The zero-order chi connectivity index (χ0) is 34.4. The maximum Gasteiger partial charge on any atom is 0.319 e. The summed E-state index contributed by atoms with van der Waals surface area (Å²) < 4.78 is 5.89. The Hall–Kier alpha value is -0.930. The number of rotatable bonds is 32. The first kappa shape index (κ1) is 44.1. The van der Waals surface area contributed by atoms with E-state index in [-0.39, 0.29) is 6.03 Å². The van der Waals surface area contributed by atoms with Gasteiger partial charge in [-0.05, 0) is 12.8 Å². The van der Waals surface area contributed by atoms with E-state index in [0.717, 1.165) is 32.1 Å². The summed E-state index contributed by atoms with van der Waals surface area (Å²) in [6, 6.07) is -1.21. The molecule has 0 aliphatic carbocycles. The van der Waals surface area contributed by atoms with Crippen LogP contribution in [0.5, 0.6) is 0 Å². The second-order valence-electron chi connectivity index (χ2n) is 14.4. The third kappa shape index (κ3) is 21.7. The van der Waals surface area contributed by atoms with Crippen LogP contribution in [0.25, 0.3) is 0 Å². The molecule has 5 atom stereocenters. The van der Waals surface area contributed by atoms with Crippen LogP contribution in [0.4, 0.5) is 4.79 Å². The molecule has 0 spiro atoms. The lowest BCUT2D eigenvalue weighted by atomic mass is 9.96. The molecule has 47 heavy (non-hydrogen) atoms. The van der Waals surface area contributed by atoms with Gasteiger partial charge in [0.05, 0.1) is 12.6 Å². The fraction of sp³-hybridized carbons (Fsp3) is 0.974. The topological polar surface area (TPSA) is 128 Å². The average Bonchev–Trinajstić information content (AvgIpc) is 3.07. The summed E-state index contributed by atoms with van der Waals surface area (Å²) >= 11 is 0. The fourth-order valence-electron chi connectivity index (χ4n) is 6.84. The minimum atomic E-state index is -1.28. The molecule has 280 valence electrons. The SMILES string of the molecule is CCCCCCCCCCCCCCCCCCNC(=O)N(CCCCCCCCCCCCCC)[C@@H]1O[C@H](CO)[C@@H](O)[C@H](O)[C@@H]1N. The second-order valence-corrected chi connectivity index (χ2v) is 14.4. The molecule has 1 rings (SSSR count). The summed E-state index contributed by atoms with van der Waals surface area (Å²) in [6.45, 7) is 5.13. The Labute approximate surface area is 290 Å². The molecule has 8 heteroatoms. The Morgan fingerprint density at radius 3 is 1.34 bits per heavy atom. The van der Waals surface area contributed by atoms with E-state index in [0.29, 0.717) is 13.1 Å². The third-order valence-corrected chi connectivity index (χ3v) is 10.1. The van der Waals surface area contributed by atoms with Crippen molar-refractivity contribution in [1.82, 2.24) is 10.2 Å². The standard InChI is InChI=1S/C39H79N3O5/c1-3-5-7-9-11-13-15-17-18-19-20-21-23-25-27-29-31-41-39(46)42(38-35(40)37(45)36(44)34(33-43)47-38)32-30-28-26-24-22-16-14-12-10-8-6-4-2/h34-38,43-45H,3-33,40H2,1-2H3,(H,41,46)/t34-,35+,36-,37-,38-/m1/s1. The Bertz CT molecular complexity index is 698. The van der Waals surface area contributed by atoms with Gasteiger partial charge in [0, 0.05) is 13.1 Å². The summed E-state index contributed by atoms with van der Waals surface area (Å²) in [5.41, 5.74) is 6.26. The molecular weight excluding hydrogens is 590 g/mol. The van der Waals surface area contributed by atoms with Crippen LogP contribution in [0.2, 0.25) is 0 Å². The molecule has 1 fully saturated rings. The smallest absolute Gasteiger partial charge is 0.319 e. The van der Waals surface area contributed by atoms with Crippen molar-refractivity contribution in [2.75, 3.05) is 19.7 Å². The molecule has 0 aromatic heterocycles. The van der Waals surface area contributed by atoms with E-state index >= 15 is 0 Å². The van der Waals surface area contributed by atoms with Crippen molar-refractivity contribution < 1.29 is 24.9 Å². The first-order valence-corrected chi connectivity index (χ1v) is 20.4. The van der Waals surface area contributed by atoms with Gasteiger partial charge in [-0.2, -0.15) is 0 Å². The van der Waals surface area contributed by atoms with Crippen LogP contribution in [0, 0.1) is 0 Å². The lowest BCUT2D eigenvalue weighted by molar-refractivity contribution is -0.218. The number of hydrogen-bond acceptors (Lipinski definition) is 6. The van der Waals surface area contributed by atoms with E-state index < -0.39 is 37.2 Å². The molecule has 0 unspecified atom stereocenters. The number of nitrogens with two attached hydrogens (primary N) is 1. The molecule has 0 aromatic carbocycles. The van der Waals surface area contributed by atoms with E-state index in [9.17, 15) is 20.1 Å². The number of carbonyl (C=O) groups is 1. The van der Waals surface area contributed by atoms with Gasteiger partial charge in [-0.3, -0.25) is 4.90 Å². The summed E-state index contributed by atoms with van der Waals surface area (Å²) in [6.07, 6.45) is 31.3. The van der Waals surface area contributed by atoms with E-state index in [4.69, 9.17) is 10.5 Å². The Balaban J connectivity index is 2.28. The quantitative estimate of drug-likeness (QED) is 0.0456. The molecule has 0 bridgehead atoms. The predicted octanol–water partition coefficient (Wildman–Crippen LogP) is 8.73. The van der Waals surface area contributed by atoms with Gasteiger partial charge in [-0.15, -0.1) is 0 Å². The van der Waals surface area contributed by atoms with Crippen LogP contribution in [0.3, 0.4) is 0 Å². The zero-order valence-electron chi connectivity index (χ0n) is 31.0. The summed E-state index contributed by atoms with van der Waals surface area (Å²) in [5, 5.41) is 33.5. The third-order valence-electron chi connectivity index (χ3n) is 10.1. The first-order chi connectivity index (χ1) is 23.0. The molecular formula is C39H79N3O5. The molecule has 2 amide bonds. The van der Waals surface area contributed by atoms with Crippen LogP contribution in [0.15, 0.2) is 0 Å². The number of carbonyl (C=O) groups excluding carboxylic acids is 1. The molecule has 1 saturated heterocycles. The Morgan fingerprint density at radius 2 is 0.957 bits per heavy atom. The van der Waals surface area contributed by atoms with Crippen LogP contribution in [-0.4, -0.2) is 76.5 Å². The van der Waals surface area contributed by atoms with Gasteiger partial charge in [0.2, 0.25) is 0 Å². The van der Waals surface area contributed by atoms with E-state index in [2.05, 4.69) is 19.2 Å². The van der Waals surface area contributed by atoms with Gasteiger partial charge >= 0.3 is 6.03 Å². The molecule has 0 aromatic rings. The summed E-state index contributed by atoms with van der Waals surface area (Å²) in [5.74, 6) is 0. The van der Waals surface area contributed by atoms with Crippen molar-refractivity contribution in [2.24, 2.45) is 5.73 Å². The van der Waals surface area contributed by atoms with Crippen LogP contribution in [-0.2, 0) is 4.74 Å². The van der Waals surface area contributed by atoms with Crippen LogP contribution < -0.4 is 11.1 Å². The zero-order valence-corrected chi connectivity index (χ0v) is 31.0. The predicted molar refractivity (Wildman–Crippen MR) is 196 cm³/mol. The second kappa shape index (κ2) is 31.1. The monoisotopic (exact) mass is 670 g/mol. The van der Waals surface area contributed by atoms with Crippen molar-refractivity contribution >= 4 is 6.03 Å². The molecule has 8 nitrogen and oxygen atoms in total. The van der Waals surface area contributed by atoms with Gasteiger partial charge in [0.15, 0.2) is 6.23 Å². The van der Waals surface area contributed by atoms with Crippen molar-refractivity contribution in [2.45, 2.75) is 224 Å². The number of ether oxygens (including phenoxy) is 1. The highest BCUT2D eigenvalue weighted by atomic mass is 16.5. The van der Waals surface area contributed by atoms with Gasteiger partial charge in [-0.1, -0.05) is 181 Å². The number of nitrogens with one attached hydrogen (secondary N) is 1. The molecule has 1 aliphatic heterocycles. The largest absolute Gasteiger partial charge is 0.394 e. The fourth-order valence-corrected chi connectivity index (χ4v) is 6.84. The van der Waals surface area contributed by atoms with E-state index in [1.54, 1.807) is 4.90 Å². The number of aliphatic hydroxyl groups is 3. The Morgan fingerprint density at radius 1 is 0.596 bits per heavy atom. The average molecular weight is 670 g/mol. The maximum atomic E-state index is 13.3. The number of hydrogen-bond donors (Lipinski definition) is 5. The number of unbranched alkanes of at least 4 members (excludes halogenated alkanes) is 26. The summed E-state index contributed by atoms with van der Waals surface area (Å²) in [4.78, 5) is 14.9. The number of nitrogens with zero attached hydrogens (tertiary/aromatic N) is 1. The van der Waals surface area contributed by atoms with Crippen molar-refractivity contribution in [3.8, 4) is 0 Å². The minimum Gasteiger partial charge on any atom is -0.394 e. The van der Waals surface area contributed by atoms with E-state index in [1.807, 2.05) is 0 Å². The molecule has 0 radical (unpaired) electrons. The molecule has 1 aliphatic rings. The van der Waals surface area contributed by atoms with Crippen molar-refractivity contribution in [3.63, 3.8) is 0 Å². The van der Waals surface area contributed by atoms with Crippen LogP contribution in [0.1, 0.15) is 194 Å². The van der Waals surface area contributed by atoms with Gasteiger partial charge < -0.3 is 31.1 Å². The van der Waals surface area contributed by atoms with Crippen LogP contribution >= 0.6 is 0 Å². The van der Waals surface area contributed by atoms with Crippen molar-refractivity contribution in [3.05, 3.63) is 0 Å². The summed E-state index contributed by atoms with van der Waals surface area (Å²) in [7, 11) is 0. The molecule has 1 heterocycles. The van der Waals surface area contributed by atoms with Gasteiger partial charge in [0.25, 0.3) is 0 Å². The first-order valence-electron chi connectivity index (χ1n) is 20.4. The molecule has 0 saturated carbocycles. The highest BCUT2D eigenvalue weighted by Gasteiger charge is 2.45. The Kier molecular flexibility index (Phi) is 29.2. The van der Waals surface area contributed by atoms with Gasteiger partial charge in [0.1, 0.15) is 18.3 Å². The van der Waals surface area contributed by atoms with E-state index in [1.165, 1.54) is 148 Å². The number of aliphatic hydroxyl groups excluding tert-OH is 3. The highest BCUT2D eigenvalue weighted by Crippen LogP contribution is 2.24. The van der Waals surface area contributed by atoms with Crippen molar-refractivity contribution in [1.29, 1.82) is 0 Å².